The van der Waals surface area contributed by atoms with E-state index in [0.29, 0.717) is 54.5 Å². The van der Waals surface area contributed by atoms with Gasteiger partial charge >= 0.3 is 0 Å². The summed E-state index contributed by atoms with van der Waals surface area (Å²) in [5.74, 6) is 1.27. The fraction of sp³-hybridized carbons (Fsp3) is 0.280. The van der Waals surface area contributed by atoms with Gasteiger partial charge < -0.3 is 33.4 Å². The SMILES string of the molecule is COc1cc(C(=O)N2CCN(c3ccc4c(c3)[nH]c(=O)c3cccn34)CC2)cc(OC)c1OC. The zero-order valence-electron chi connectivity index (χ0n) is 19.3. The number of ether oxygens (including phenoxy) is 3. The topological polar surface area (TPSA) is 88.5 Å². The second kappa shape index (κ2) is 8.66. The average molecular weight is 463 g/mol. The van der Waals surface area contributed by atoms with Crippen LogP contribution >= 0.6 is 0 Å². The summed E-state index contributed by atoms with van der Waals surface area (Å²) in [7, 11) is 4.59. The lowest BCUT2D eigenvalue weighted by molar-refractivity contribution is 0.0746. The van der Waals surface area contributed by atoms with E-state index in [2.05, 4.69) is 16.0 Å². The number of aromatic amines is 1. The molecule has 1 saturated heterocycles. The number of nitrogens with one attached hydrogen (secondary N) is 1. The van der Waals surface area contributed by atoms with Crippen molar-refractivity contribution in [3.63, 3.8) is 0 Å². The van der Waals surface area contributed by atoms with E-state index in [1.54, 1.807) is 18.2 Å². The lowest BCUT2D eigenvalue weighted by atomic mass is 10.1. The molecule has 2 aromatic carbocycles. The van der Waals surface area contributed by atoms with Crippen LogP contribution in [-0.2, 0) is 0 Å². The lowest BCUT2D eigenvalue weighted by Crippen LogP contribution is -2.48. The Labute approximate surface area is 196 Å². The smallest absolute Gasteiger partial charge is 0.272 e. The molecule has 0 radical (unpaired) electrons. The fourth-order valence-corrected chi connectivity index (χ4v) is 4.55. The van der Waals surface area contributed by atoms with Gasteiger partial charge in [0.2, 0.25) is 5.75 Å². The molecule has 4 aromatic rings. The molecule has 5 rings (SSSR count). The molecule has 176 valence electrons. The number of nitrogens with zero attached hydrogens (tertiary/aromatic N) is 3. The van der Waals surface area contributed by atoms with Gasteiger partial charge in [-0.15, -0.1) is 0 Å². The van der Waals surface area contributed by atoms with E-state index < -0.39 is 0 Å². The van der Waals surface area contributed by atoms with Crippen molar-refractivity contribution in [1.29, 1.82) is 0 Å². The molecular formula is C25H26N4O5. The monoisotopic (exact) mass is 462 g/mol. The van der Waals surface area contributed by atoms with Crippen LogP contribution in [0.25, 0.3) is 16.6 Å². The third-order valence-corrected chi connectivity index (χ3v) is 6.31. The third kappa shape index (κ3) is 3.59. The number of anilines is 1. The molecule has 9 heteroatoms. The maximum Gasteiger partial charge on any atom is 0.272 e. The number of piperazine rings is 1. The van der Waals surface area contributed by atoms with Crippen LogP contribution in [0.1, 0.15) is 10.4 Å². The van der Waals surface area contributed by atoms with Gasteiger partial charge in [0.15, 0.2) is 11.5 Å². The van der Waals surface area contributed by atoms with Gasteiger partial charge in [-0.2, -0.15) is 0 Å². The first-order valence-electron chi connectivity index (χ1n) is 11.0. The number of carbonyl (C=O) groups is 1. The van der Waals surface area contributed by atoms with Crippen molar-refractivity contribution in [3.8, 4) is 17.2 Å². The predicted octanol–water partition coefficient (Wildman–Crippen LogP) is 2.77. The Kier molecular flexibility index (Phi) is 5.53. The molecule has 1 aliphatic rings. The molecule has 0 atom stereocenters. The third-order valence-electron chi connectivity index (χ3n) is 6.31. The summed E-state index contributed by atoms with van der Waals surface area (Å²) in [6.07, 6.45) is 1.89. The number of hydrogen-bond acceptors (Lipinski definition) is 6. The molecule has 9 nitrogen and oxygen atoms in total. The molecule has 0 bridgehead atoms. The van der Waals surface area contributed by atoms with Crippen molar-refractivity contribution < 1.29 is 19.0 Å². The maximum atomic E-state index is 13.2. The van der Waals surface area contributed by atoms with Crippen LogP contribution in [0.5, 0.6) is 17.2 Å². The predicted molar refractivity (Wildman–Crippen MR) is 130 cm³/mol. The molecule has 1 N–H and O–H groups in total. The first-order chi connectivity index (χ1) is 16.5. The zero-order chi connectivity index (χ0) is 23.8. The highest BCUT2D eigenvalue weighted by Crippen LogP contribution is 2.38. The van der Waals surface area contributed by atoms with E-state index in [1.165, 1.54) is 21.3 Å². The largest absolute Gasteiger partial charge is 0.493 e. The highest BCUT2D eigenvalue weighted by Gasteiger charge is 2.25. The van der Waals surface area contributed by atoms with Crippen molar-refractivity contribution in [3.05, 3.63) is 64.6 Å². The number of fused-ring (bicyclic) bond motifs is 3. The zero-order valence-corrected chi connectivity index (χ0v) is 19.3. The van der Waals surface area contributed by atoms with Crippen LogP contribution < -0.4 is 24.7 Å². The summed E-state index contributed by atoms with van der Waals surface area (Å²) in [4.78, 5) is 32.6. The molecular weight excluding hydrogens is 436 g/mol. The van der Waals surface area contributed by atoms with E-state index in [9.17, 15) is 9.59 Å². The Morgan fingerprint density at radius 3 is 2.24 bits per heavy atom. The molecule has 0 spiro atoms. The second-order valence-electron chi connectivity index (χ2n) is 8.11. The van der Waals surface area contributed by atoms with Crippen LogP contribution in [0.15, 0.2) is 53.5 Å². The minimum absolute atomic E-state index is 0.0863. The van der Waals surface area contributed by atoms with Gasteiger partial charge in [-0.1, -0.05) is 0 Å². The quantitative estimate of drug-likeness (QED) is 0.491. The lowest BCUT2D eigenvalue weighted by Gasteiger charge is -2.36. The highest BCUT2D eigenvalue weighted by atomic mass is 16.5. The molecule has 0 unspecified atom stereocenters. The van der Waals surface area contributed by atoms with E-state index in [1.807, 2.05) is 33.7 Å². The van der Waals surface area contributed by atoms with Crippen molar-refractivity contribution in [2.45, 2.75) is 0 Å². The van der Waals surface area contributed by atoms with Crippen molar-refractivity contribution >= 4 is 28.1 Å². The minimum Gasteiger partial charge on any atom is -0.493 e. The number of aromatic nitrogens is 2. The number of amides is 1. The van der Waals surface area contributed by atoms with Gasteiger partial charge in [0.25, 0.3) is 11.5 Å². The van der Waals surface area contributed by atoms with Gasteiger partial charge in [-0.05, 0) is 42.5 Å². The van der Waals surface area contributed by atoms with Gasteiger partial charge in [0.1, 0.15) is 5.52 Å². The second-order valence-corrected chi connectivity index (χ2v) is 8.11. The maximum absolute atomic E-state index is 13.2. The number of H-pyrrole nitrogens is 1. The standard InChI is InChI=1S/C25H26N4O5/c1-32-21-13-16(14-22(33-2)23(21)34-3)25(31)28-11-9-27(10-12-28)17-6-7-19-18(15-17)26-24(30)20-5-4-8-29(19)20/h4-8,13-15H,9-12H2,1-3H3,(H,26,30). The fourth-order valence-electron chi connectivity index (χ4n) is 4.55. The summed E-state index contributed by atoms with van der Waals surface area (Å²) in [5.41, 5.74) is 3.73. The van der Waals surface area contributed by atoms with Gasteiger partial charge in [0, 0.05) is 43.6 Å². The minimum atomic E-state index is -0.115. The summed E-state index contributed by atoms with van der Waals surface area (Å²) >= 11 is 0. The van der Waals surface area contributed by atoms with Crippen molar-refractivity contribution in [1.82, 2.24) is 14.3 Å². The first-order valence-corrected chi connectivity index (χ1v) is 11.0. The Morgan fingerprint density at radius 1 is 0.882 bits per heavy atom. The van der Waals surface area contributed by atoms with Crippen LogP contribution in [-0.4, -0.2) is 67.7 Å². The first kappa shape index (κ1) is 21.7. The number of methoxy groups -OCH3 is 3. The Hall–Kier alpha value is -4.14. The van der Waals surface area contributed by atoms with Crippen LogP contribution in [0.2, 0.25) is 0 Å². The molecule has 1 fully saturated rings. The van der Waals surface area contributed by atoms with Crippen molar-refractivity contribution in [2.75, 3.05) is 52.4 Å². The molecule has 0 saturated carbocycles. The Morgan fingerprint density at radius 2 is 1.59 bits per heavy atom. The Balaban J connectivity index is 1.35. The number of carbonyl (C=O) groups excluding carboxylic acids is 1. The number of hydrogen-bond donors (Lipinski definition) is 1. The molecule has 1 aliphatic heterocycles. The summed E-state index contributed by atoms with van der Waals surface area (Å²) in [5, 5.41) is 0. The molecule has 3 heterocycles. The van der Waals surface area contributed by atoms with Gasteiger partial charge in [0.05, 0.1) is 32.4 Å². The summed E-state index contributed by atoms with van der Waals surface area (Å²) in [6.45, 7) is 2.50. The van der Waals surface area contributed by atoms with Crippen LogP contribution in [0.4, 0.5) is 5.69 Å². The van der Waals surface area contributed by atoms with Gasteiger partial charge in [-0.3, -0.25) is 9.59 Å². The average Bonchev–Trinajstić information content (AvgIpc) is 3.38. The van der Waals surface area contributed by atoms with Crippen LogP contribution in [0.3, 0.4) is 0 Å². The van der Waals surface area contributed by atoms with Crippen LogP contribution in [0, 0.1) is 0 Å². The number of rotatable bonds is 5. The van der Waals surface area contributed by atoms with E-state index >= 15 is 0 Å². The molecule has 2 aromatic heterocycles. The van der Waals surface area contributed by atoms with E-state index in [4.69, 9.17) is 14.2 Å². The highest BCUT2D eigenvalue weighted by molar-refractivity contribution is 5.96. The normalized spacial score (nSPS) is 14.0. The van der Waals surface area contributed by atoms with E-state index in [-0.39, 0.29) is 11.5 Å². The number of benzene rings is 2. The molecule has 1 amide bonds. The molecule has 0 aliphatic carbocycles. The summed E-state index contributed by atoms with van der Waals surface area (Å²) in [6, 6.07) is 13.1. The van der Waals surface area contributed by atoms with E-state index in [0.717, 1.165) is 16.7 Å². The Bertz CT molecular complexity index is 1410. The van der Waals surface area contributed by atoms with Crippen molar-refractivity contribution in [2.24, 2.45) is 0 Å². The summed E-state index contributed by atoms with van der Waals surface area (Å²) < 4.78 is 18.0. The van der Waals surface area contributed by atoms with Gasteiger partial charge in [-0.25, -0.2) is 0 Å². The molecule has 34 heavy (non-hydrogen) atoms.